The van der Waals surface area contributed by atoms with Crippen LogP contribution >= 0.6 is 11.6 Å². The first kappa shape index (κ1) is 15.6. The summed E-state index contributed by atoms with van der Waals surface area (Å²) in [7, 11) is 1.59. The molecular weight excluding hydrogens is 268 g/mol. The number of rotatable bonds is 6. The van der Waals surface area contributed by atoms with Gasteiger partial charge in [0.15, 0.2) is 5.75 Å². The lowest BCUT2D eigenvalue weighted by Gasteiger charge is -2.15. The number of nitrogens with one attached hydrogen (secondary N) is 2. The number of amides is 2. The summed E-state index contributed by atoms with van der Waals surface area (Å²) in [6.07, 6.45) is 0. The van der Waals surface area contributed by atoms with Crippen LogP contribution in [0, 0.1) is 0 Å². The average molecular weight is 287 g/mol. The van der Waals surface area contributed by atoms with E-state index in [0.717, 1.165) is 0 Å². The fourth-order valence-electron chi connectivity index (χ4n) is 1.40. The molecule has 0 saturated heterocycles. The van der Waals surface area contributed by atoms with Crippen molar-refractivity contribution >= 4 is 23.3 Å². The fourth-order valence-corrected chi connectivity index (χ4v) is 1.63. The van der Waals surface area contributed by atoms with Crippen LogP contribution in [0.25, 0.3) is 0 Å². The Bertz CT molecular complexity index is 424. The summed E-state index contributed by atoms with van der Waals surface area (Å²) in [5.74, 6) is 0.445. The van der Waals surface area contributed by atoms with Gasteiger partial charge >= 0.3 is 6.03 Å². The second-order valence-corrected chi connectivity index (χ2v) is 4.62. The summed E-state index contributed by atoms with van der Waals surface area (Å²) >= 11 is 6.06. The van der Waals surface area contributed by atoms with Gasteiger partial charge in [-0.2, -0.15) is 0 Å². The summed E-state index contributed by atoms with van der Waals surface area (Å²) in [4.78, 5) is 11.7. The van der Waals surface area contributed by atoms with E-state index in [1.54, 1.807) is 25.3 Å². The van der Waals surface area contributed by atoms with E-state index in [-0.39, 0.29) is 12.1 Å². The minimum absolute atomic E-state index is 0.0528. The molecule has 0 spiro atoms. The topological polar surface area (TPSA) is 59.6 Å². The van der Waals surface area contributed by atoms with Gasteiger partial charge in [-0.1, -0.05) is 17.7 Å². The van der Waals surface area contributed by atoms with Gasteiger partial charge < -0.3 is 20.1 Å². The van der Waals surface area contributed by atoms with Crippen LogP contribution in [-0.2, 0) is 4.74 Å². The smallest absolute Gasteiger partial charge is 0.319 e. The molecule has 0 aliphatic rings. The molecule has 2 N–H and O–H groups in total. The van der Waals surface area contributed by atoms with Gasteiger partial charge in [0.05, 0.1) is 17.3 Å². The summed E-state index contributed by atoms with van der Waals surface area (Å²) in [6.45, 7) is 4.57. The lowest BCUT2D eigenvalue weighted by Crippen LogP contribution is -2.34. The Morgan fingerprint density at radius 2 is 2.11 bits per heavy atom. The van der Waals surface area contributed by atoms with E-state index in [0.29, 0.717) is 29.7 Å². The van der Waals surface area contributed by atoms with E-state index in [2.05, 4.69) is 10.6 Å². The Kier molecular flexibility index (Phi) is 6.45. The van der Waals surface area contributed by atoms with E-state index in [1.165, 1.54) is 0 Å². The molecule has 0 bridgehead atoms. The molecule has 0 aliphatic heterocycles. The molecular formula is C13H19ClN2O3. The summed E-state index contributed by atoms with van der Waals surface area (Å²) < 4.78 is 10.4. The first-order valence-corrected chi connectivity index (χ1v) is 6.40. The monoisotopic (exact) mass is 286 g/mol. The third-order valence-electron chi connectivity index (χ3n) is 2.17. The molecule has 0 heterocycles. The molecule has 0 aliphatic carbocycles. The van der Waals surface area contributed by atoms with Crippen LogP contribution in [0.4, 0.5) is 10.5 Å². The normalized spacial score (nSPS) is 10.4. The predicted octanol–water partition coefficient (Wildman–Crippen LogP) is 2.90. The molecule has 0 radical (unpaired) electrons. The van der Waals surface area contributed by atoms with Crippen molar-refractivity contribution in [2.45, 2.75) is 19.9 Å². The Morgan fingerprint density at radius 3 is 2.74 bits per heavy atom. The van der Waals surface area contributed by atoms with Gasteiger partial charge in [-0.05, 0) is 26.0 Å². The molecule has 1 aromatic carbocycles. The lowest BCUT2D eigenvalue weighted by atomic mass is 10.3. The third-order valence-corrected chi connectivity index (χ3v) is 2.47. The summed E-state index contributed by atoms with van der Waals surface area (Å²) in [6, 6.07) is 4.94. The molecule has 0 fully saturated rings. The molecule has 2 amide bonds. The number of methoxy groups -OCH3 is 1. The maximum atomic E-state index is 11.7. The Balaban J connectivity index is 2.75. The van der Waals surface area contributed by atoms with Crippen molar-refractivity contribution in [3.05, 3.63) is 23.2 Å². The van der Waals surface area contributed by atoms with Gasteiger partial charge in [-0.25, -0.2) is 4.79 Å². The van der Waals surface area contributed by atoms with Crippen LogP contribution in [0.2, 0.25) is 5.02 Å². The van der Waals surface area contributed by atoms with Crippen LogP contribution in [0.1, 0.15) is 13.8 Å². The summed E-state index contributed by atoms with van der Waals surface area (Å²) in [5, 5.41) is 5.88. The zero-order valence-electron chi connectivity index (χ0n) is 11.3. The fraction of sp³-hybridized carbons (Fsp3) is 0.462. The van der Waals surface area contributed by atoms with E-state index >= 15 is 0 Å². The second-order valence-electron chi connectivity index (χ2n) is 4.21. The van der Waals surface area contributed by atoms with Crippen molar-refractivity contribution in [2.24, 2.45) is 0 Å². The van der Waals surface area contributed by atoms with E-state index in [1.807, 2.05) is 13.8 Å². The SMILES string of the molecule is COCCOc1c(Cl)cccc1NC(=O)NC(C)C. The minimum atomic E-state index is -0.297. The van der Waals surface area contributed by atoms with E-state index < -0.39 is 0 Å². The predicted molar refractivity (Wildman–Crippen MR) is 76.1 cm³/mol. The molecule has 19 heavy (non-hydrogen) atoms. The number of halogens is 1. The van der Waals surface area contributed by atoms with Crippen molar-refractivity contribution < 1.29 is 14.3 Å². The molecule has 5 nitrogen and oxygen atoms in total. The highest BCUT2D eigenvalue weighted by Crippen LogP contribution is 2.32. The molecule has 1 rings (SSSR count). The molecule has 106 valence electrons. The number of anilines is 1. The zero-order valence-corrected chi connectivity index (χ0v) is 12.1. The molecule has 0 saturated carbocycles. The lowest BCUT2D eigenvalue weighted by molar-refractivity contribution is 0.146. The van der Waals surface area contributed by atoms with Crippen molar-refractivity contribution in [1.82, 2.24) is 5.32 Å². The largest absolute Gasteiger partial charge is 0.487 e. The van der Waals surface area contributed by atoms with Gasteiger partial charge in [-0.15, -0.1) is 0 Å². The Hall–Kier alpha value is -1.46. The van der Waals surface area contributed by atoms with E-state index in [9.17, 15) is 4.79 Å². The van der Waals surface area contributed by atoms with Gasteiger partial charge in [-0.3, -0.25) is 0 Å². The first-order valence-electron chi connectivity index (χ1n) is 6.02. The number of carbonyl (C=O) groups excluding carboxylic acids is 1. The number of hydrogen-bond donors (Lipinski definition) is 2. The van der Waals surface area contributed by atoms with Gasteiger partial charge in [0.2, 0.25) is 0 Å². The van der Waals surface area contributed by atoms with Crippen molar-refractivity contribution in [2.75, 3.05) is 25.6 Å². The molecule has 0 atom stereocenters. The Morgan fingerprint density at radius 1 is 1.37 bits per heavy atom. The first-order chi connectivity index (χ1) is 9.04. The molecule has 6 heteroatoms. The number of benzene rings is 1. The third kappa shape index (κ3) is 5.36. The van der Waals surface area contributed by atoms with Crippen LogP contribution in [0.3, 0.4) is 0 Å². The number of carbonyl (C=O) groups is 1. The van der Waals surface area contributed by atoms with Crippen LogP contribution in [0.15, 0.2) is 18.2 Å². The standard InChI is InChI=1S/C13H19ClN2O3/c1-9(2)15-13(17)16-11-6-4-5-10(14)12(11)19-8-7-18-3/h4-6,9H,7-8H2,1-3H3,(H2,15,16,17). The second kappa shape index (κ2) is 7.86. The molecule has 0 unspecified atom stereocenters. The van der Waals surface area contributed by atoms with Crippen LogP contribution in [-0.4, -0.2) is 32.4 Å². The highest BCUT2D eigenvalue weighted by Gasteiger charge is 2.11. The van der Waals surface area contributed by atoms with Crippen LogP contribution in [0.5, 0.6) is 5.75 Å². The Labute approximate surface area is 118 Å². The average Bonchev–Trinajstić information content (AvgIpc) is 2.31. The number of ether oxygens (including phenoxy) is 2. The van der Waals surface area contributed by atoms with Crippen molar-refractivity contribution in [3.63, 3.8) is 0 Å². The van der Waals surface area contributed by atoms with Gasteiger partial charge in [0.1, 0.15) is 6.61 Å². The van der Waals surface area contributed by atoms with Crippen LogP contribution < -0.4 is 15.4 Å². The summed E-state index contributed by atoms with van der Waals surface area (Å²) in [5.41, 5.74) is 0.529. The highest BCUT2D eigenvalue weighted by atomic mass is 35.5. The number of hydrogen-bond acceptors (Lipinski definition) is 3. The van der Waals surface area contributed by atoms with Crippen molar-refractivity contribution in [1.29, 1.82) is 0 Å². The number of para-hydroxylation sites is 1. The molecule has 1 aromatic rings. The number of urea groups is 1. The zero-order chi connectivity index (χ0) is 14.3. The maximum absolute atomic E-state index is 11.7. The highest BCUT2D eigenvalue weighted by molar-refractivity contribution is 6.32. The van der Waals surface area contributed by atoms with Crippen molar-refractivity contribution in [3.8, 4) is 5.75 Å². The van der Waals surface area contributed by atoms with E-state index in [4.69, 9.17) is 21.1 Å². The quantitative estimate of drug-likeness (QED) is 0.791. The van der Waals surface area contributed by atoms with Gasteiger partial charge in [0.25, 0.3) is 0 Å². The van der Waals surface area contributed by atoms with Gasteiger partial charge in [0, 0.05) is 13.2 Å². The minimum Gasteiger partial charge on any atom is -0.487 e. The molecule has 0 aromatic heterocycles. The maximum Gasteiger partial charge on any atom is 0.319 e.